The standard InChI is InChI=1S/C14H15IO/c1-10-6-5-9-12(10)13(15)14(16)11-7-3-2-4-8-11/h2-4,7-8,10H,5-6,9H2,1H3/b13-12+. The molecule has 2 rings (SSSR count). The van der Waals surface area contributed by atoms with Crippen molar-refractivity contribution < 1.29 is 4.79 Å². The minimum absolute atomic E-state index is 0.185. The van der Waals surface area contributed by atoms with Crippen LogP contribution in [0.15, 0.2) is 39.5 Å². The average Bonchev–Trinajstić information content (AvgIpc) is 2.75. The predicted octanol–water partition coefficient (Wildman–Crippen LogP) is 4.38. The number of benzene rings is 1. The second kappa shape index (κ2) is 5.13. The summed E-state index contributed by atoms with van der Waals surface area (Å²) in [6, 6.07) is 9.55. The zero-order chi connectivity index (χ0) is 11.5. The first-order valence-electron chi connectivity index (χ1n) is 5.68. The van der Waals surface area contributed by atoms with E-state index in [0.29, 0.717) is 5.92 Å². The molecule has 1 aliphatic rings. The number of allylic oxidation sites excluding steroid dienone is 2. The van der Waals surface area contributed by atoms with Gasteiger partial charge in [0.05, 0.1) is 3.58 Å². The van der Waals surface area contributed by atoms with Crippen LogP contribution in [0.25, 0.3) is 0 Å². The van der Waals surface area contributed by atoms with Gasteiger partial charge >= 0.3 is 0 Å². The van der Waals surface area contributed by atoms with Crippen molar-refractivity contribution in [1.29, 1.82) is 0 Å². The molecule has 1 aromatic carbocycles. The van der Waals surface area contributed by atoms with E-state index >= 15 is 0 Å². The van der Waals surface area contributed by atoms with Gasteiger partial charge in [0.1, 0.15) is 0 Å². The molecular weight excluding hydrogens is 311 g/mol. The summed E-state index contributed by atoms with van der Waals surface area (Å²) < 4.78 is 0.939. The average molecular weight is 326 g/mol. The van der Waals surface area contributed by atoms with E-state index in [1.807, 2.05) is 30.3 Å². The zero-order valence-corrected chi connectivity index (χ0v) is 11.5. The van der Waals surface area contributed by atoms with Crippen molar-refractivity contribution in [2.24, 2.45) is 5.92 Å². The molecule has 1 aromatic rings. The molecule has 0 N–H and O–H groups in total. The van der Waals surface area contributed by atoms with Crippen LogP contribution in [0.3, 0.4) is 0 Å². The lowest BCUT2D eigenvalue weighted by atomic mass is 10.0. The molecule has 1 saturated carbocycles. The van der Waals surface area contributed by atoms with E-state index in [1.165, 1.54) is 18.4 Å². The van der Waals surface area contributed by atoms with Gasteiger partial charge in [-0.3, -0.25) is 4.79 Å². The van der Waals surface area contributed by atoms with Crippen LogP contribution in [-0.4, -0.2) is 5.78 Å². The second-order valence-corrected chi connectivity index (χ2v) is 5.41. The Hall–Kier alpha value is -0.640. The van der Waals surface area contributed by atoms with Crippen LogP contribution in [0.5, 0.6) is 0 Å². The Kier molecular flexibility index (Phi) is 3.79. The molecule has 1 fully saturated rings. The summed E-state index contributed by atoms with van der Waals surface area (Å²) in [5, 5.41) is 0. The van der Waals surface area contributed by atoms with Crippen molar-refractivity contribution in [3.05, 3.63) is 45.0 Å². The number of hydrogen-bond acceptors (Lipinski definition) is 1. The van der Waals surface area contributed by atoms with E-state index in [0.717, 1.165) is 15.6 Å². The number of rotatable bonds is 2. The molecule has 1 atom stereocenters. The first kappa shape index (κ1) is 11.8. The van der Waals surface area contributed by atoms with Gasteiger partial charge in [-0.1, -0.05) is 42.8 Å². The smallest absolute Gasteiger partial charge is 0.199 e. The molecule has 0 saturated heterocycles. The molecule has 0 aliphatic heterocycles. The number of carbonyl (C=O) groups is 1. The van der Waals surface area contributed by atoms with Gasteiger partial charge in [-0.2, -0.15) is 0 Å². The van der Waals surface area contributed by atoms with Gasteiger partial charge in [0.2, 0.25) is 0 Å². The summed E-state index contributed by atoms with van der Waals surface area (Å²) in [6.45, 7) is 2.22. The Bertz CT molecular complexity index is 420. The zero-order valence-electron chi connectivity index (χ0n) is 9.37. The summed E-state index contributed by atoms with van der Waals surface area (Å²) in [5.41, 5.74) is 2.16. The summed E-state index contributed by atoms with van der Waals surface area (Å²) >= 11 is 2.22. The Labute approximate surface area is 110 Å². The van der Waals surface area contributed by atoms with Crippen molar-refractivity contribution in [3.63, 3.8) is 0 Å². The molecule has 0 spiro atoms. The Morgan fingerprint density at radius 2 is 2.00 bits per heavy atom. The van der Waals surface area contributed by atoms with Crippen LogP contribution < -0.4 is 0 Å². The van der Waals surface area contributed by atoms with Crippen LogP contribution in [0.4, 0.5) is 0 Å². The largest absolute Gasteiger partial charge is 0.288 e. The van der Waals surface area contributed by atoms with Crippen molar-refractivity contribution in [3.8, 4) is 0 Å². The minimum Gasteiger partial charge on any atom is -0.288 e. The number of Topliss-reactive ketones (excluding diaryl/α,β-unsaturated/α-hetero) is 1. The molecular formula is C14H15IO. The van der Waals surface area contributed by atoms with E-state index in [1.54, 1.807) is 0 Å². The molecule has 16 heavy (non-hydrogen) atoms. The summed E-state index contributed by atoms with van der Waals surface area (Å²) in [5.74, 6) is 0.768. The fraction of sp³-hybridized carbons (Fsp3) is 0.357. The number of ketones is 1. The van der Waals surface area contributed by atoms with Gasteiger partial charge < -0.3 is 0 Å². The third-order valence-electron chi connectivity index (χ3n) is 3.20. The molecule has 1 unspecified atom stereocenters. The molecule has 1 aliphatic carbocycles. The molecule has 84 valence electrons. The third kappa shape index (κ3) is 2.37. The van der Waals surface area contributed by atoms with Crippen LogP contribution in [0, 0.1) is 5.92 Å². The van der Waals surface area contributed by atoms with E-state index in [4.69, 9.17) is 0 Å². The van der Waals surface area contributed by atoms with Crippen molar-refractivity contribution >= 4 is 28.4 Å². The molecule has 0 aromatic heterocycles. The molecule has 2 heteroatoms. The number of carbonyl (C=O) groups excluding carboxylic acids is 1. The first-order chi connectivity index (χ1) is 7.70. The van der Waals surface area contributed by atoms with Gasteiger partial charge in [0.25, 0.3) is 0 Å². The quantitative estimate of drug-likeness (QED) is 0.448. The maximum Gasteiger partial charge on any atom is 0.199 e. The Morgan fingerprint density at radius 1 is 1.31 bits per heavy atom. The fourth-order valence-corrected chi connectivity index (χ4v) is 3.32. The molecule has 0 amide bonds. The highest BCUT2D eigenvalue weighted by atomic mass is 127. The van der Waals surface area contributed by atoms with Crippen LogP contribution in [0.1, 0.15) is 36.5 Å². The number of halogens is 1. The first-order valence-corrected chi connectivity index (χ1v) is 6.76. The van der Waals surface area contributed by atoms with Crippen LogP contribution in [-0.2, 0) is 0 Å². The predicted molar refractivity (Wildman–Crippen MR) is 74.8 cm³/mol. The van der Waals surface area contributed by atoms with Gasteiger partial charge in [-0.05, 0) is 47.8 Å². The lowest BCUT2D eigenvalue weighted by Crippen LogP contribution is -2.03. The maximum absolute atomic E-state index is 12.2. The maximum atomic E-state index is 12.2. The molecule has 0 bridgehead atoms. The normalized spacial score (nSPS) is 23.2. The second-order valence-electron chi connectivity index (χ2n) is 4.33. The number of hydrogen-bond donors (Lipinski definition) is 0. The van der Waals surface area contributed by atoms with E-state index in [2.05, 4.69) is 29.5 Å². The Morgan fingerprint density at radius 3 is 2.56 bits per heavy atom. The Balaban J connectivity index is 2.29. The molecule has 0 heterocycles. The van der Waals surface area contributed by atoms with Gasteiger partial charge in [0.15, 0.2) is 5.78 Å². The van der Waals surface area contributed by atoms with E-state index < -0.39 is 0 Å². The SMILES string of the molecule is CC1CCC/C1=C(\I)C(=O)c1ccccc1. The lowest BCUT2D eigenvalue weighted by molar-refractivity contribution is 0.104. The summed E-state index contributed by atoms with van der Waals surface area (Å²) in [4.78, 5) is 12.2. The third-order valence-corrected chi connectivity index (χ3v) is 4.38. The van der Waals surface area contributed by atoms with Crippen LogP contribution in [0.2, 0.25) is 0 Å². The topological polar surface area (TPSA) is 17.1 Å². The highest BCUT2D eigenvalue weighted by molar-refractivity contribution is 14.1. The lowest BCUT2D eigenvalue weighted by Gasteiger charge is -2.08. The highest BCUT2D eigenvalue weighted by Gasteiger charge is 2.22. The fourth-order valence-electron chi connectivity index (χ4n) is 2.21. The van der Waals surface area contributed by atoms with Gasteiger partial charge in [0, 0.05) is 5.56 Å². The van der Waals surface area contributed by atoms with E-state index in [-0.39, 0.29) is 5.78 Å². The van der Waals surface area contributed by atoms with Crippen LogP contribution >= 0.6 is 22.6 Å². The summed E-state index contributed by atoms with van der Waals surface area (Å²) in [6.07, 6.45) is 3.55. The van der Waals surface area contributed by atoms with Crippen molar-refractivity contribution in [1.82, 2.24) is 0 Å². The molecule has 1 nitrogen and oxygen atoms in total. The highest BCUT2D eigenvalue weighted by Crippen LogP contribution is 2.36. The summed E-state index contributed by atoms with van der Waals surface area (Å²) in [7, 11) is 0. The van der Waals surface area contributed by atoms with Gasteiger partial charge in [-0.15, -0.1) is 0 Å². The van der Waals surface area contributed by atoms with E-state index in [9.17, 15) is 4.79 Å². The van der Waals surface area contributed by atoms with Crippen molar-refractivity contribution in [2.45, 2.75) is 26.2 Å². The monoisotopic (exact) mass is 326 g/mol. The molecule has 0 radical (unpaired) electrons. The van der Waals surface area contributed by atoms with Gasteiger partial charge in [-0.25, -0.2) is 0 Å². The van der Waals surface area contributed by atoms with Crippen molar-refractivity contribution in [2.75, 3.05) is 0 Å². The minimum atomic E-state index is 0.185.